The summed E-state index contributed by atoms with van der Waals surface area (Å²) in [6, 6.07) is 15.5. The molecule has 0 aliphatic rings. The van der Waals surface area contributed by atoms with Gasteiger partial charge in [-0.25, -0.2) is 0 Å². The van der Waals surface area contributed by atoms with Gasteiger partial charge in [-0.05, 0) is 48.7 Å². The second-order valence-electron chi connectivity index (χ2n) is 5.45. The summed E-state index contributed by atoms with van der Waals surface area (Å²) in [5.74, 6) is 0.942. The van der Waals surface area contributed by atoms with Crippen molar-refractivity contribution in [3.8, 4) is 5.75 Å². The van der Waals surface area contributed by atoms with E-state index in [1.807, 2.05) is 7.05 Å². The summed E-state index contributed by atoms with van der Waals surface area (Å²) in [6.07, 6.45) is 2.30. The molecule has 1 atom stereocenters. The van der Waals surface area contributed by atoms with Crippen molar-refractivity contribution in [1.29, 1.82) is 0 Å². The van der Waals surface area contributed by atoms with Crippen LogP contribution in [0.1, 0.15) is 41.6 Å². The van der Waals surface area contributed by atoms with Crippen LogP contribution < -0.4 is 10.1 Å². The van der Waals surface area contributed by atoms with Gasteiger partial charge in [0, 0.05) is 0 Å². The molecule has 1 N–H and O–H groups in total. The lowest BCUT2D eigenvalue weighted by atomic mass is 9.95. The number of aryl methyl sites for hydroxylation is 2. The predicted molar refractivity (Wildman–Crippen MR) is 89.1 cm³/mol. The molecule has 112 valence electrons. The first kappa shape index (κ1) is 15.6. The molecule has 0 aliphatic heterocycles. The first-order valence-electron chi connectivity index (χ1n) is 7.60. The lowest BCUT2D eigenvalue weighted by Crippen LogP contribution is -2.18. The van der Waals surface area contributed by atoms with Crippen LogP contribution in [0, 0.1) is 6.92 Å². The highest BCUT2D eigenvalue weighted by atomic mass is 16.5. The van der Waals surface area contributed by atoms with Gasteiger partial charge < -0.3 is 10.1 Å². The van der Waals surface area contributed by atoms with Gasteiger partial charge in [0.1, 0.15) is 5.75 Å². The normalized spacial score (nSPS) is 12.2. The number of benzene rings is 2. The highest BCUT2D eigenvalue weighted by Crippen LogP contribution is 2.27. The molecule has 0 heterocycles. The number of methoxy groups -OCH3 is 1. The topological polar surface area (TPSA) is 21.3 Å². The van der Waals surface area contributed by atoms with Gasteiger partial charge in [0.2, 0.25) is 0 Å². The van der Waals surface area contributed by atoms with E-state index < -0.39 is 0 Å². The van der Waals surface area contributed by atoms with E-state index in [1.54, 1.807) is 7.11 Å². The van der Waals surface area contributed by atoms with Crippen LogP contribution >= 0.6 is 0 Å². The van der Waals surface area contributed by atoms with Gasteiger partial charge >= 0.3 is 0 Å². The Kier molecular flexibility index (Phi) is 5.40. The molecule has 2 aromatic rings. The number of hydrogen-bond acceptors (Lipinski definition) is 2. The molecule has 0 aliphatic carbocycles. The van der Waals surface area contributed by atoms with Crippen LogP contribution in [-0.2, 0) is 6.42 Å². The molecule has 2 rings (SSSR count). The Hall–Kier alpha value is -1.80. The third-order valence-electron chi connectivity index (χ3n) is 3.88. The van der Waals surface area contributed by atoms with Gasteiger partial charge in [-0.2, -0.15) is 0 Å². The van der Waals surface area contributed by atoms with E-state index >= 15 is 0 Å². The van der Waals surface area contributed by atoms with Crippen molar-refractivity contribution in [3.63, 3.8) is 0 Å². The van der Waals surface area contributed by atoms with Crippen LogP contribution in [0.2, 0.25) is 0 Å². The minimum Gasteiger partial charge on any atom is -0.496 e. The number of hydrogen-bond donors (Lipinski definition) is 1. The van der Waals surface area contributed by atoms with E-state index in [1.165, 1.54) is 23.1 Å². The molecular weight excluding hydrogens is 258 g/mol. The molecule has 0 saturated carbocycles. The first-order valence-corrected chi connectivity index (χ1v) is 7.60. The van der Waals surface area contributed by atoms with Crippen LogP contribution in [0.25, 0.3) is 0 Å². The molecule has 0 fully saturated rings. The fraction of sp³-hybridized carbons (Fsp3) is 0.368. The first-order chi connectivity index (χ1) is 10.2. The number of ether oxygens (including phenoxy) is 1. The number of nitrogens with one attached hydrogen (secondary N) is 1. The van der Waals surface area contributed by atoms with E-state index in [-0.39, 0.29) is 6.04 Å². The smallest absolute Gasteiger partial charge is 0.122 e. The van der Waals surface area contributed by atoms with E-state index in [4.69, 9.17) is 4.74 Å². The molecule has 0 saturated heterocycles. The quantitative estimate of drug-likeness (QED) is 0.855. The maximum atomic E-state index is 5.45. The van der Waals surface area contributed by atoms with Gasteiger partial charge in [-0.1, -0.05) is 49.7 Å². The molecule has 2 heteroatoms. The molecule has 2 nitrogen and oxygen atoms in total. The molecule has 0 bridgehead atoms. The Morgan fingerprint density at radius 1 is 1.10 bits per heavy atom. The van der Waals surface area contributed by atoms with Crippen LogP contribution in [0.3, 0.4) is 0 Å². The average Bonchev–Trinajstić information content (AvgIpc) is 2.50. The highest BCUT2D eigenvalue weighted by molar-refractivity contribution is 5.42. The standard InChI is InChI=1S/C19H25NO/c1-5-7-15-8-6-9-16(12-15)19(20-3)17-11-10-14(2)18(13-17)21-4/h6,8-13,19-20H,5,7H2,1-4H3. The molecule has 2 aromatic carbocycles. The zero-order valence-corrected chi connectivity index (χ0v) is 13.4. The van der Waals surface area contributed by atoms with E-state index in [2.05, 4.69) is 61.6 Å². The fourth-order valence-corrected chi connectivity index (χ4v) is 2.76. The van der Waals surface area contributed by atoms with Crippen molar-refractivity contribution in [2.45, 2.75) is 32.7 Å². The SMILES string of the molecule is CCCc1cccc(C(NC)c2ccc(C)c(OC)c2)c1. The van der Waals surface area contributed by atoms with Gasteiger partial charge in [-0.3, -0.25) is 0 Å². The van der Waals surface area contributed by atoms with Crippen molar-refractivity contribution in [2.75, 3.05) is 14.2 Å². The molecule has 0 amide bonds. The van der Waals surface area contributed by atoms with Crippen molar-refractivity contribution >= 4 is 0 Å². The summed E-state index contributed by atoms with van der Waals surface area (Å²) in [7, 11) is 3.73. The van der Waals surface area contributed by atoms with Crippen molar-refractivity contribution in [1.82, 2.24) is 5.32 Å². The third kappa shape index (κ3) is 3.64. The van der Waals surface area contributed by atoms with Gasteiger partial charge in [0.05, 0.1) is 13.2 Å². The van der Waals surface area contributed by atoms with Crippen LogP contribution in [0.4, 0.5) is 0 Å². The second-order valence-corrected chi connectivity index (χ2v) is 5.45. The minimum absolute atomic E-state index is 0.191. The summed E-state index contributed by atoms with van der Waals surface area (Å²) in [5, 5.41) is 3.42. The van der Waals surface area contributed by atoms with E-state index in [9.17, 15) is 0 Å². The largest absolute Gasteiger partial charge is 0.496 e. The van der Waals surface area contributed by atoms with E-state index in [0.29, 0.717) is 0 Å². The highest BCUT2D eigenvalue weighted by Gasteiger charge is 2.14. The van der Waals surface area contributed by atoms with Gasteiger partial charge in [-0.15, -0.1) is 0 Å². The molecular formula is C19H25NO. The minimum atomic E-state index is 0.191. The van der Waals surface area contributed by atoms with E-state index in [0.717, 1.165) is 17.7 Å². The van der Waals surface area contributed by atoms with Crippen LogP contribution in [0.5, 0.6) is 5.75 Å². The molecule has 0 spiro atoms. The summed E-state index contributed by atoms with van der Waals surface area (Å²) in [5.41, 5.74) is 5.09. The van der Waals surface area contributed by atoms with Gasteiger partial charge in [0.15, 0.2) is 0 Å². The maximum Gasteiger partial charge on any atom is 0.122 e. The molecule has 1 unspecified atom stereocenters. The Morgan fingerprint density at radius 2 is 1.86 bits per heavy atom. The van der Waals surface area contributed by atoms with Gasteiger partial charge in [0.25, 0.3) is 0 Å². The van der Waals surface area contributed by atoms with Crippen LogP contribution in [-0.4, -0.2) is 14.2 Å². The Labute approximate surface area is 128 Å². The van der Waals surface area contributed by atoms with Crippen molar-refractivity contribution in [2.24, 2.45) is 0 Å². The second kappa shape index (κ2) is 7.28. The Balaban J connectivity index is 2.37. The zero-order valence-electron chi connectivity index (χ0n) is 13.4. The van der Waals surface area contributed by atoms with Crippen LogP contribution in [0.15, 0.2) is 42.5 Å². The Bertz CT molecular complexity index is 592. The summed E-state index contributed by atoms with van der Waals surface area (Å²) in [4.78, 5) is 0. The molecule has 0 radical (unpaired) electrons. The van der Waals surface area contributed by atoms with Crippen molar-refractivity contribution < 1.29 is 4.74 Å². The summed E-state index contributed by atoms with van der Waals surface area (Å²) in [6.45, 7) is 4.28. The average molecular weight is 283 g/mol. The molecule has 0 aromatic heterocycles. The fourth-order valence-electron chi connectivity index (χ4n) is 2.76. The summed E-state index contributed by atoms with van der Waals surface area (Å²) < 4.78 is 5.45. The lowest BCUT2D eigenvalue weighted by Gasteiger charge is -2.19. The van der Waals surface area contributed by atoms with Crippen molar-refractivity contribution in [3.05, 3.63) is 64.7 Å². The third-order valence-corrected chi connectivity index (χ3v) is 3.88. The Morgan fingerprint density at radius 3 is 2.52 bits per heavy atom. The zero-order chi connectivity index (χ0) is 15.2. The maximum absolute atomic E-state index is 5.45. The number of rotatable bonds is 6. The molecule has 21 heavy (non-hydrogen) atoms. The monoisotopic (exact) mass is 283 g/mol. The predicted octanol–water partition coefficient (Wildman–Crippen LogP) is 4.26. The lowest BCUT2D eigenvalue weighted by molar-refractivity contribution is 0.410. The summed E-state index contributed by atoms with van der Waals surface area (Å²) >= 11 is 0.